The van der Waals surface area contributed by atoms with E-state index in [1.165, 1.54) is 24.7 Å². The van der Waals surface area contributed by atoms with E-state index >= 15 is 0 Å². The molecule has 1 aromatic carbocycles. The fraction of sp³-hybridized carbons (Fsp3) is 0.174. The Kier molecular flexibility index (Phi) is 7.75. The van der Waals surface area contributed by atoms with Crippen LogP contribution in [0.4, 0.5) is 4.39 Å². The number of fused-ring (bicyclic) bond motifs is 1. The van der Waals surface area contributed by atoms with Crippen LogP contribution in [-0.2, 0) is 11.4 Å². The summed E-state index contributed by atoms with van der Waals surface area (Å²) in [6.45, 7) is 0.679. The first-order chi connectivity index (χ1) is 16.5. The molecule has 0 unspecified atom stereocenters. The molecule has 9 nitrogen and oxygen atoms in total. The zero-order valence-electron chi connectivity index (χ0n) is 17.9. The highest BCUT2D eigenvalue weighted by atomic mass is 127. The van der Waals surface area contributed by atoms with Crippen LogP contribution < -0.4 is 10.8 Å². The third-order valence-corrected chi connectivity index (χ3v) is 5.62. The normalized spacial score (nSPS) is 10.9. The van der Waals surface area contributed by atoms with Crippen molar-refractivity contribution in [1.29, 1.82) is 0 Å². The number of carbonyl (C=O) groups is 2. The molecule has 0 atom stereocenters. The van der Waals surface area contributed by atoms with Crippen molar-refractivity contribution >= 4 is 45.3 Å². The Labute approximate surface area is 207 Å². The van der Waals surface area contributed by atoms with Crippen LogP contribution in [0.25, 0.3) is 10.9 Å². The molecule has 0 aliphatic carbocycles. The third-order valence-electron chi connectivity index (χ3n) is 4.95. The van der Waals surface area contributed by atoms with Gasteiger partial charge >= 0.3 is 0 Å². The van der Waals surface area contributed by atoms with Gasteiger partial charge in [0.25, 0.3) is 11.8 Å². The molecule has 34 heavy (non-hydrogen) atoms. The molecule has 0 aliphatic heterocycles. The van der Waals surface area contributed by atoms with Crippen molar-refractivity contribution in [3.05, 3.63) is 87.7 Å². The summed E-state index contributed by atoms with van der Waals surface area (Å²) in [4.78, 5) is 42.0. The lowest BCUT2D eigenvalue weighted by Crippen LogP contribution is -2.29. The van der Waals surface area contributed by atoms with E-state index in [1.807, 2.05) is 28.7 Å². The van der Waals surface area contributed by atoms with Gasteiger partial charge in [0, 0.05) is 39.7 Å². The summed E-state index contributed by atoms with van der Waals surface area (Å²) in [5.41, 5.74) is 4.12. The monoisotopic (exact) mass is 574 g/mol. The lowest BCUT2D eigenvalue weighted by Gasteiger charge is -2.12. The number of hydroxylamine groups is 1. The van der Waals surface area contributed by atoms with Crippen LogP contribution in [0.5, 0.6) is 0 Å². The van der Waals surface area contributed by atoms with Gasteiger partial charge in [0.15, 0.2) is 0 Å². The number of benzene rings is 1. The number of nitrogens with zero attached hydrogens (tertiary/aromatic N) is 4. The van der Waals surface area contributed by atoms with E-state index in [2.05, 4.69) is 25.7 Å². The van der Waals surface area contributed by atoms with E-state index in [9.17, 15) is 14.0 Å². The van der Waals surface area contributed by atoms with E-state index in [4.69, 9.17) is 4.84 Å². The first-order valence-corrected chi connectivity index (χ1v) is 11.4. The summed E-state index contributed by atoms with van der Waals surface area (Å²) in [6, 6.07) is 8.46. The number of rotatable bonds is 9. The second-order valence-electron chi connectivity index (χ2n) is 7.27. The molecular weight excluding hydrogens is 554 g/mol. The summed E-state index contributed by atoms with van der Waals surface area (Å²) in [5.74, 6) is -1.15. The highest BCUT2D eigenvalue weighted by molar-refractivity contribution is 14.1. The minimum atomic E-state index is -0.467. The summed E-state index contributed by atoms with van der Waals surface area (Å²) < 4.78 is 17.0. The number of aromatic nitrogens is 4. The van der Waals surface area contributed by atoms with E-state index in [1.54, 1.807) is 35.2 Å². The maximum absolute atomic E-state index is 14.5. The van der Waals surface area contributed by atoms with Crippen LogP contribution in [0.3, 0.4) is 0 Å². The van der Waals surface area contributed by atoms with Crippen molar-refractivity contribution in [3.8, 4) is 0 Å². The molecule has 3 aromatic heterocycles. The number of halogens is 2. The SMILES string of the molecule is O=C(NCCCONC(=O)c1cc2ccncc2n1Cc1ccc(I)cc1F)c1cnccn1. The topological polar surface area (TPSA) is 111 Å². The van der Waals surface area contributed by atoms with Gasteiger partial charge in [-0.25, -0.2) is 14.9 Å². The Morgan fingerprint density at radius 3 is 2.71 bits per heavy atom. The lowest BCUT2D eigenvalue weighted by molar-refractivity contribution is 0.0296. The predicted octanol–water partition coefficient (Wildman–Crippen LogP) is 3.10. The number of amides is 2. The number of nitrogens with one attached hydrogen (secondary N) is 2. The van der Waals surface area contributed by atoms with E-state index < -0.39 is 5.91 Å². The zero-order chi connectivity index (χ0) is 23.9. The van der Waals surface area contributed by atoms with Gasteiger partial charge in [-0.05, 0) is 53.3 Å². The second-order valence-corrected chi connectivity index (χ2v) is 8.51. The first kappa shape index (κ1) is 23.7. The number of carbonyl (C=O) groups excluding carboxylic acids is 2. The number of hydrogen-bond donors (Lipinski definition) is 2. The molecule has 0 radical (unpaired) electrons. The van der Waals surface area contributed by atoms with Gasteiger partial charge in [-0.3, -0.25) is 24.4 Å². The van der Waals surface area contributed by atoms with Crippen molar-refractivity contribution in [2.45, 2.75) is 13.0 Å². The highest BCUT2D eigenvalue weighted by Crippen LogP contribution is 2.22. The average Bonchev–Trinajstić information content (AvgIpc) is 3.22. The standard InChI is InChI=1S/C23H20FIN6O3/c24-18-11-17(25)3-2-16(18)14-31-20(10-15-4-6-26-13-21(15)31)23(33)30-34-9-1-5-29-22(32)19-12-27-7-8-28-19/h2-4,6-8,10-13H,1,5,9,14H2,(H,29,32)(H,30,33). The van der Waals surface area contributed by atoms with Crippen LogP contribution >= 0.6 is 22.6 Å². The Bertz CT molecular complexity index is 1310. The Hall–Kier alpha value is -3.45. The Morgan fingerprint density at radius 1 is 1.06 bits per heavy atom. The Morgan fingerprint density at radius 2 is 1.91 bits per heavy atom. The molecule has 3 heterocycles. The van der Waals surface area contributed by atoms with Crippen LogP contribution in [-0.4, -0.2) is 44.5 Å². The van der Waals surface area contributed by atoms with Crippen LogP contribution in [0.1, 0.15) is 33.0 Å². The van der Waals surface area contributed by atoms with Crippen molar-refractivity contribution in [2.75, 3.05) is 13.2 Å². The molecule has 4 rings (SSSR count). The molecule has 4 aromatic rings. The quantitative estimate of drug-likeness (QED) is 0.181. The van der Waals surface area contributed by atoms with Crippen LogP contribution in [0.2, 0.25) is 0 Å². The molecule has 0 aliphatic rings. The lowest BCUT2D eigenvalue weighted by atomic mass is 10.2. The summed E-state index contributed by atoms with van der Waals surface area (Å²) in [6.07, 6.45) is 8.04. The van der Waals surface area contributed by atoms with Crippen molar-refractivity contribution in [1.82, 2.24) is 30.3 Å². The second kappa shape index (κ2) is 11.1. The van der Waals surface area contributed by atoms with Gasteiger partial charge < -0.3 is 9.88 Å². The van der Waals surface area contributed by atoms with Gasteiger partial charge in [0.05, 0.1) is 31.1 Å². The largest absolute Gasteiger partial charge is 0.351 e. The molecule has 2 amide bonds. The highest BCUT2D eigenvalue weighted by Gasteiger charge is 2.17. The van der Waals surface area contributed by atoms with Crippen molar-refractivity contribution in [2.24, 2.45) is 0 Å². The van der Waals surface area contributed by atoms with Crippen molar-refractivity contribution < 1.29 is 18.8 Å². The third kappa shape index (κ3) is 5.72. The van der Waals surface area contributed by atoms with Crippen LogP contribution in [0, 0.1) is 9.39 Å². The van der Waals surface area contributed by atoms with E-state index in [-0.39, 0.29) is 30.6 Å². The number of pyridine rings is 1. The van der Waals surface area contributed by atoms with E-state index in [0.717, 1.165) is 8.96 Å². The fourth-order valence-electron chi connectivity index (χ4n) is 3.30. The van der Waals surface area contributed by atoms with Crippen molar-refractivity contribution in [3.63, 3.8) is 0 Å². The summed E-state index contributed by atoms with van der Waals surface area (Å²) in [5, 5.41) is 3.50. The first-order valence-electron chi connectivity index (χ1n) is 10.4. The molecule has 0 spiro atoms. The average molecular weight is 574 g/mol. The molecular formula is C23H20FIN6O3. The maximum atomic E-state index is 14.5. The predicted molar refractivity (Wildman–Crippen MR) is 130 cm³/mol. The molecule has 0 saturated carbocycles. The zero-order valence-corrected chi connectivity index (χ0v) is 20.0. The summed E-state index contributed by atoms with van der Waals surface area (Å²) in [7, 11) is 0. The Balaban J connectivity index is 1.36. The fourth-order valence-corrected chi connectivity index (χ4v) is 3.75. The van der Waals surface area contributed by atoms with Gasteiger partial charge in [-0.2, -0.15) is 0 Å². The summed E-state index contributed by atoms with van der Waals surface area (Å²) >= 11 is 2.05. The molecule has 0 saturated heterocycles. The van der Waals surface area contributed by atoms with Gasteiger partial charge in [0.2, 0.25) is 0 Å². The van der Waals surface area contributed by atoms with Gasteiger partial charge in [0.1, 0.15) is 17.2 Å². The van der Waals surface area contributed by atoms with E-state index in [0.29, 0.717) is 29.7 Å². The molecule has 0 bridgehead atoms. The van der Waals surface area contributed by atoms with Gasteiger partial charge in [-0.15, -0.1) is 0 Å². The molecule has 174 valence electrons. The number of hydrogen-bond acceptors (Lipinski definition) is 6. The van der Waals surface area contributed by atoms with Gasteiger partial charge in [-0.1, -0.05) is 6.07 Å². The molecule has 0 fully saturated rings. The molecule has 2 N–H and O–H groups in total. The molecule has 11 heteroatoms. The minimum Gasteiger partial charge on any atom is -0.351 e. The maximum Gasteiger partial charge on any atom is 0.291 e. The minimum absolute atomic E-state index is 0.162. The van der Waals surface area contributed by atoms with Crippen LogP contribution in [0.15, 0.2) is 61.3 Å². The smallest absolute Gasteiger partial charge is 0.291 e.